The normalized spacial score (nSPS) is 16.9. The molecule has 4 nitrogen and oxygen atoms in total. The SMILES string of the molecule is CCC1=C(C)C2C=c3[nH]c(c(C)c3CC)=Cc3[nH]c(c(C)c3CC)C=c3[nH]c(c(C)c3CC)=CC1=N2. The monoisotopic (exact) mass is 480 g/mol. The lowest BCUT2D eigenvalue weighted by Gasteiger charge is -2.04. The molecule has 0 aromatic carbocycles. The first-order valence-electron chi connectivity index (χ1n) is 13.6. The third kappa shape index (κ3) is 3.78. The molecule has 8 bridgehead atoms. The molecule has 5 rings (SSSR count). The number of hydrogen-bond acceptors (Lipinski definition) is 1. The number of H-pyrrole nitrogens is 3. The second-order valence-corrected chi connectivity index (χ2v) is 10.3. The standard InChI is InChI=1S/C32H40N4/c1-9-21-17(5)25-14-30-23(11-3)19(7)27(35-30)16-32-24(12-4)20(8)28(36-32)15-31-22(10-2)18(6)26(34-31)13-29(21)33-25/h13-16,25,34-36H,9-12H2,1-8H3. The Labute approximate surface area is 214 Å². The zero-order valence-electron chi connectivity index (χ0n) is 23.2. The number of rotatable bonds is 4. The fourth-order valence-corrected chi connectivity index (χ4v) is 6.26. The molecule has 188 valence electrons. The molecule has 1 unspecified atom stereocenters. The third-order valence-corrected chi connectivity index (χ3v) is 8.46. The van der Waals surface area contributed by atoms with Crippen molar-refractivity contribution in [2.24, 2.45) is 4.99 Å². The van der Waals surface area contributed by atoms with Gasteiger partial charge in [0.25, 0.3) is 0 Å². The number of fused-ring (bicyclic) bond motifs is 7. The first-order valence-corrected chi connectivity index (χ1v) is 13.6. The van der Waals surface area contributed by atoms with Crippen molar-refractivity contribution in [2.45, 2.75) is 87.1 Å². The van der Waals surface area contributed by atoms with Crippen LogP contribution in [0.4, 0.5) is 0 Å². The van der Waals surface area contributed by atoms with E-state index in [0.29, 0.717) is 0 Å². The summed E-state index contributed by atoms with van der Waals surface area (Å²) in [7, 11) is 0. The zero-order valence-corrected chi connectivity index (χ0v) is 23.2. The summed E-state index contributed by atoms with van der Waals surface area (Å²) in [6.07, 6.45) is 13.2. The van der Waals surface area contributed by atoms with E-state index >= 15 is 0 Å². The highest BCUT2D eigenvalue weighted by Gasteiger charge is 2.22. The zero-order chi connectivity index (χ0) is 25.7. The maximum absolute atomic E-state index is 5.24. The number of aromatic nitrogens is 3. The van der Waals surface area contributed by atoms with Crippen LogP contribution in [0, 0.1) is 20.8 Å². The van der Waals surface area contributed by atoms with Gasteiger partial charge in [-0.1, -0.05) is 27.7 Å². The molecular formula is C32H40N4. The summed E-state index contributed by atoms with van der Waals surface area (Å²) in [6.45, 7) is 18.0. The summed E-state index contributed by atoms with van der Waals surface area (Å²) >= 11 is 0. The predicted molar refractivity (Wildman–Crippen MR) is 154 cm³/mol. The summed E-state index contributed by atoms with van der Waals surface area (Å²) in [5.41, 5.74) is 14.3. The summed E-state index contributed by atoms with van der Waals surface area (Å²) in [4.78, 5) is 16.5. The molecule has 0 saturated heterocycles. The molecule has 0 aliphatic carbocycles. The van der Waals surface area contributed by atoms with E-state index in [1.54, 1.807) is 0 Å². The van der Waals surface area contributed by atoms with Gasteiger partial charge in [0.05, 0.1) is 11.8 Å². The van der Waals surface area contributed by atoms with E-state index in [1.807, 2.05) is 0 Å². The van der Waals surface area contributed by atoms with Gasteiger partial charge in [-0.25, -0.2) is 0 Å². The van der Waals surface area contributed by atoms with Crippen LogP contribution in [0.5, 0.6) is 0 Å². The molecule has 0 radical (unpaired) electrons. The van der Waals surface area contributed by atoms with Crippen LogP contribution < -0.4 is 21.4 Å². The largest absolute Gasteiger partial charge is 0.355 e. The minimum Gasteiger partial charge on any atom is -0.355 e. The Bertz CT molecular complexity index is 1660. The molecule has 5 heterocycles. The quantitative estimate of drug-likeness (QED) is 0.504. The molecule has 2 aliphatic rings. The average molecular weight is 481 g/mol. The Hall–Kier alpha value is -3.27. The fourth-order valence-electron chi connectivity index (χ4n) is 6.26. The van der Waals surface area contributed by atoms with Gasteiger partial charge in [0.1, 0.15) is 0 Å². The first kappa shape index (κ1) is 24.4. The molecule has 36 heavy (non-hydrogen) atoms. The van der Waals surface area contributed by atoms with Crippen LogP contribution in [0.25, 0.3) is 24.3 Å². The van der Waals surface area contributed by atoms with E-state index in [-0.39, 0.29) is 6.04 Å². The molecular weight excluding hydrogens is 440 g/mol. The van der Waals surface area contributed by atoms with Crippen molar-refractivity contribution in [3.8, 4) is 0 Å². The highest BCUT2D eigenvalue weighted by Crippen LogP contribution is 2.26. The van der Waals surface area contributed by atoms with Gasteiger partial charge in [0.2, 0.25) is 0 Å². The maximum atomic E-state index is 5.24. The van der Waals surface area contributed by atoms with Gasteiger partial charge in [-0.3, -0.25) is 4.99 Å². The van der Waals surface area contributed by atoms with Gasteiger partial charge < -0.3 is 15.0 Å². The molecule has 3 N–H and O–H groups in total. The summed E-state index contributed by atoms with van der Waals surface area (Å²) in [5, 5.41) is 4.75. The molecule has 3 aromatic rings. The van der Waals surface area contributed by atoms with Crippen LogP contribution in [-0.2, 0) is 19.3 Å². The van der Waals surface area contributed by atoms with Gasteiger partial charge in [-0.05, 0) is 122 Å². The highest BCUT2D eigenvalue weighted by molar-refractivity contribution is 6.22. The van der Waals surface area contributed by atoms with Gasteiger partial charge in [0.15, 0.2) is 0 Å². The second-order valence-electron chi connectivity index (χ2n) is 10.3. The number of hydrogen-bond donors (Lipinski definition) is 3. The lowest BCUT2D eigenvalue weighted by atomic mass is 9.99. The van der Waals surface area contributed by atoms with Crippen LogP contribution in [0.1, 0.15) is 85.8 Å². The van der Waals surface area contributed by atoms with Crippen molar-refractivity contribution < 1.29 is 0 Å². The summed E-state index contributed by atoms with van der Waals surface area (Å²) in [6, 6.07) is 0.0628. The Balaban J connectivity index is 1.93. The minimum absolute atomic E-state index is 0.0628. The lowest BCUT2D eigenvalue weighted by Crippen LogP contribution is -2.16. The maximum Gasteiger partial charge on any atom is 0.0924 e. The average Bonchev–Trinajstić information content (AvgIpc) is 3.51. The topological polar surface area (TPSA) is 59.7 Å². The van der Waals surface area contributed by atoms with E-state index in [0.717, 1.165) is 31.4 Å². The van der Waals surface area contributed by atoms with Crippen molar-refractivity contribution in [3.63, 3.8) is 0 Å². The molecule has 4 heteroatoms. The first-order chi connectivity index (χ1) is 17.3. The van der Waals surface area contributed by atoms with E-state index in [4.69, 9.17) is 4.99 Å². The fraction of sp³-hybridized carbons (Fsp3) is 0.406. The van der Waals surface area contributed by atoms with Crippen LogP contribution in [0.15, 0.2) is 16.1 Å². The highest BCUT2D eigenvalue weighted by atomic mass is 14.8. The van der Waals surface area contributed by atoms with Gasteiger partial charge in [-0.15, -0.1) is 0 Å². The molecule has 0 fully saturated rings. The molecule has 0 spiro atoms. The lowest BCUT2D eigenvalue weighted by molar-refractivity contribution is 0.991. The smallest absolute Gasteiger partial charge is 0.0924 e. The Morgan fingerprint density at radius 3 is 1.83 bits per heavy atom. The van der Waals surface area contributed by atoms with Gasteiger partial charge in [0, 0.05) is 32.8 Å². The number of allylic oxidation sites excluding steroid dienone is 1. The Morgan fingerprint density at radius 1 is 0.611 bits per heavy atom. The van der Waals surface area contributed by atoms with Gasteiger partial charge >= 0.3 is 0 Å². The number of aromatic amines is 3. The molecule has 1 atom stereocenters. The number of nitrogens with zero attached hydrogens (tertiary/aromatic N) is 1. The summed E-state index contributed by atoms with van der Waals surface area (Å²) in [5.74, 6) is 0. The Morgan fingerprint density at radius 2 is 1.19 bits per heavy atom. The van der Waals surface area contributed by atoms with Crippen LogP contribution in [0.3, 0.4) is 0 Å². The van der Waals surface area contributed by atoms with E-state index in [1.165, 1.54) is 77.3 Å². The van der Waals surface area contributed by atoms with Crippen molar-refractivity contribution in [3.05, 3.63) is 77.3 Å². The molecule has 0 saturated carbocycles. The van der Waals surface area contributed by atoms with Crippen molar-refractivity contribution in [1.82, 2.24) is 15.0 Å². The molecule has 0 amide bonds. The Kier molecular flexibility index (Phi) is 6.32. The van der Waals surface area contributed by atoms with Crippen LogP contribution >= 0.6 is 0 Å². The third-order valence-electron chi connectivity index (χ3n) is 8.46. The van der Waals surface area contributed by atoms with Crippen molar-refractivity contribution in [1.29, 1.82) is 0 Å². The molecule has 3 aromatic heterocycles. The summed E-state index contributed by atoms with van der Waals surface area (Å²) < 4.78 is 0. The minimum atomic E-state index is 0.0628. The van der Waals surface area contributed by atoms with Crippen molar-refractivity contribution in [2.75, 3.05) is 0 Å². The van der Waals surface area contributed by atoms with E-state index in [2.05, 4.69) is 94.6 Å². The molecule has 2 aliphatic heterocycles. The predicted octanol–water partition coefficient (Wildman–Crippen LogP) is 4.07. The van der Waals surface area contributed by atoms with Crippen LogP contribution in [0.2, 0.25) is 0 Å². The second kappa shape index (κ2) is 9.31. The van der Waals surface area contributed by atoms with E-state index in [9.17, 15) is 0 Å². The van der Waals surface area contributed by atoms with Crippen molar-refractivity contribution >= 4 is 30.0 Å². The van der Waals surface area contributed by atoms with Crippen LogP contribution in [-0.4, -0.2) is 26.7 Å². The van der Waals surface area contributed by atoms with E-state index < -0.39 is 0 Å². The number of nitrogens with one attached hydrogen (secondary N) is 3. The van der Waals surface area contributed by atoms with Gasteiger partial charge in [-0.2, -0.15) is 0 Å². The number of aliphatic imine (C=N–C) groups is 1.